The maximum absolute atomic E-state index is 13.7. The lowest BCUT2D eigenvalue weighted by atomic mass is 10.1. The summed E-state index contributed by atoms with van der Waals surface area (Å²) >= 11 is 3.25. The molecule has 26 heavy (non-hydrogen) atoms. The Hall–Kier alpha value is -2.35. The fourth-order valence-corrected chi connectivity index (χ4v) is 2.62. The van der Waals surface area contributed by atoms with E-state index in [0.717, 1.165) is 10.9 Å². The van der Waals surface area contributed by atoms with Crippen molar-refractivity contribution in [1.82, 2.24) is 16.0 Å². The summed E-state index contributed by atoms with van der Waals surface area (Å²) in [6, 6.07) is 8.37. The molecule has 1 aromatic carbocycles. The van der Waals surface area contributed by atoms with Gasteiger partial charge in [0.05, 0.1) is 6.26 Å². The number of halogens is 2. The Labute approximate surface area is 160 Å². The molecule has 3 N–H and O–H groups in total. The average molecular weight is 425 g/mol. The highest BCUT2D eigenvalue weighted by Gasteiger charge is 2.07. The molecule has 0 bridgehead atoms. The first-order valence-electron chi connectivity index (χ1n) is 8.30. The molecule has 1 heterocycles. The van der Waals surface area contributed by atoms with Crippen LogP contribution in [0.25, 0.3) is 0 Å². The molecule has 1 aromatic heterocycles. The number of aryl methyl sites for hydroxylation is 1. The SMILES string of the molecule is CN=C(NCCCc1ccc(Br)cc1F)NCCNC(=O)c1ccco1. The highest BCUT2D eigenvalue weighted by Crippen LogP contribution is 2.16. The number of carbonyl (C=O) groups is 1. The number of amides is 1. The van der Waals surface area contributed by atoms with E-state index in [1.165, 1.54) is 12.3 Å². The third-order valence-corrected chi connectivity index (χ3v) is 4.10. The Bertz CT molecular complexity index is 735. The minimum absolute atomic E-state index is 0.200. The first-order valence-corrected chi connectivity index (χ1v) is 9.09. The van der Waals surface area contributed by atoms with E-state index in [2.05, 4.69) is 36.9 Å². The smallest absolute Gasteiger partial charge is 0.287 e. The molecule has 2 aromatic rings. The van der Waals surface area contributed by atoms with Crippen molar-refractivity contribution in [1.29, 1.82) is 0 Å². The third kappa shape index (κ3) is 6.51. The van der Waals surface area contributed by atoms with E-state index in [4.69, 9.17) is 4.42 Å². The van der Waals surface area contributed by atoms with Crippen molar-refractivity contribution in [3.05, 3.63) is 58.2 Å². The summed E-state index contributed by atoms with van der Waals surface area (Å²) in [5, 5.41) is 9.00. The fraction of sp³-hybridized carbons (Fsp3) is 0.333. The number of carbonyl (C=O) groups excluding carboxylic acids is 1. The van der Waals surface area contributed by atoms with E-state index in [9.17, 15) is 9.18 Å². The maximum atomic E-state index is 13.7. The Morgan fingerprint density at radius 2 is 1.96 bits per heavy atom. The lowest BCUT2D eigenvalue weighted by molar-refractivity contribution is 0.0926. The van der Waals surface area contributed by atoms with E-state index in [1.54, 1.807) is 25.2 Å². The molecule has 1 amide bonds. The zero-order chi connectivity index (χ0) is 18.8. The van der Waals surface area contributed by atoms with Gasteiger partial charge in [0.1, 0.15) is 5.82 Å². The van der Waals surface area contributed by atoms with Crippen LogP contribution in [0.1, 0.15) is 22.5 Å². The fourth-order valence-electron chi connectivity index (χ4n) is 2.28. The highest BCUT2D eigenvalue weighted by molar-refractivity contribution is 9.10. The lowest BCUT2D eigenvalue weighted by Gasteiger charge is -2.12. The summed E-state index contributed by atoms with van der Waals surface area (Å²) in [6.07, 6.45) is 2.87. The Morgan fingerprint density at radius 1 is 1.19 bits per heavy atom. The van der Waals surface area contributed by atoms with Crippen LogP contribution in [0, 0.1) is 5.82 Å². The van der Waals surface area contributed by atoms with Crippen molar-refractivity contribution < 1.29 is 13.6 Å². The van der Waals surface area contributed by atoms with Crippen LogP contribution >= 0.6 is 15.9 Å². The molecule has 0 radical (unpaired) electrons. The molecular weight excluding hydrogens is 403 g/mol. The normalized spacial score (nSPS) is 11.3. The third-order valence-electron chi connectivity index (χ3n) is 3.60. The predicted molar refractivity (Wildman–Crippen MR) is 103 cm³/mol. The lowest BCUT2D eigenvalue weighted by Crippen LogP contribution is -2.41. The molecule has 140 valence electrons. The van der Waals surface area contributed by atoms with Crippen molar-refractivity contribution in [2.75, 3.05) is 26.7 Å². The molecule has 2 rings (SSSR count). The van der Waals surface area contributed by atoms with Crippen LogP contribution in [0.5, 0.6) is 0 Å². The molecule has 0 unspecified atom stereocenters. The van der Waals surface area contributed by atoms with Gasteiger partial charge in [0.2, 0.25) is 0 Å². The first kappa shape index (κ1) is 20.0. The second kappa shape index (κ2) is 10.6. The second-order valence-corrected chi connectivity index (χ2v) is 6.41. The summed E-state index contributed by atoms with van der Waals surface area (Å²) in [6.45, 7) is 1.62. The van der Waals surface area contributed by atoms with Crippen LogP contribution < -0.4 is 16.0 Å². The van der Waals surface area contributed by atoms with Crippen LogP contribution in [0.2, 0.25) is 0 Å². The number of furan rings is 1. The molecule has 8 heteroatoms. The first-order chi connectivity index (χ1) is 12.6. The van der Waals surface area contributed by atoms with Crippen LogP contribution in [-0.4, -0.2) is 38.5 Å². The monoisotopic (exact) mass is 424 g/mol. The molecule has 0 saturated carbocycles. The van der Waals surface area contributed by atoms with Crippen LogP contribution in [-0.2, 0) is 6.42 Å². The van der Waals surface area contributed by atoms with Gasteiger partial charge in [0, 0.05) is 31.2 Å². The molecule has 0 aliphatic rings. The van der Waals surface area contributed by atoms with Crippen LogP contribution in [0.3, 0.4) is 0 Å². The Kier molecular flexibility index (Phi) is 8.14. The summed E-state index contributed by atoms with van der Waals surface area (Å²) in [5.74, 6) is 0.464. The number of nitrogens with zero attached hydrogens (tertiary/aromatic N) is 1. The van der Waals surface area contributed by atoms with Gasteiger partial charge in [-0.15, -0.1) is 0 Å². The standard InChI is InChI=1S/C18H22BrFN4O2/c1-21-18(24-10-9-22-17(25)16-5-3-11-26-16)23-8-2-4-13-6-7-14(19)12-15(13)20/h3,5-7,11-12H,2,4,8-10H2,1H3,(H,22,25)(H2,21,23,24). The van der Waals surface area contributed by atoms with Crippen molar-refractivity contribution in [3.8, 4) is 0 Å². The number of aliphatic imine (C=N–C) groups is 1. The van der Waals surface area contributed by atoms with Gasteiger partial charge in [-0.25, -0.2) is 4.39 Å². The predicted octanol–water partition coefficient (Wildman–Crippen LogP) is 2.71. The van der Waals surface area contributed by atoms with E-state index >= 15 is 0 Å². The molecule has 0 aliphatic carbocycles. The van der Waals surface area contributed by atoms with Crippen molar-refractivity contribution in [2.24, 2.45) is 4.99 Å². The topological polar surface area (TPSA) is 78.7 Å². The largest absolute Gasteiger partial charge is 0.459 e. The second-order valence-electron chi connectivity index (χ2n) is 5.50. The minimum atomic E-state index is -0.253. The summed E-state index contributed by atoms with van der Waals surface area (Å²) in [7, 11) is 1.67. The number of guanidine groups is 1. The van der Waals surface area contributed by atoms with Gasteiger partial charge in [-0.1, -0.05) is 22.0 Å². The summed E-state index contributed by atoms with van der Waals surface area (Å²) < 4.78 is 19.5. The highest BCUT2D eigenvalue weighted by atomic mass is 79.9. The quantitative estimate of drug-likeness (QED) is 0.345. The van der Waals surface area contributed by atoms with Crippen LogP contribution in [0.15, 0.2) is 50.5 Å². The average Bonchev–Trinajstić information content (AvgIpc) is 3.16. The van der Waals surface area contributed by atoms with E-state index < -0.39 is 0 Å². The molecule has 0 spiro atoms. The van der Waals surface area contributed by atoms with Gasteiger partial charge in [0.25, 0.3) is 5.91 Å². The van der Waals surface area contributed by atoms with E-state index in [0.29, 0.717) is 37.6 Å². The number of nitrogens with one attached hydrogen (secondary N) is 3. The van der Waals surface area contributed by atoms with Crippen LogP contribution in [0.4, 0.5) is 4.39 Å². The van der Waals surface area contributed by atoms with Crippen molar-refractivity contribution in [3.63, 3.8) is 0 Å². The van der Waals surface area contributed by atoms with Gasteiger partial charge < -0.3 is 20.4 Å². The number of hydrogen-bond acceptors (Lipinski definition) is 3. The zero-order valence-electron chi connectivity index (χ0n) is 14.5. The molecule has 0 atom stereocenters. The van der Waals surface area contributed by atoms with Gasteiger partial charge in [-0.05, 0) is 42.7 Å². The van der Waals surface area contributed by atoms with E-state index in [1.807, 2.05) is 6.07 Å². The van der Waals surface area contributed by atoms with E-state index in [-0.39, 0.29) is 17.5 Å². The zero-order valence-corrected chi connectivity index (χ0v) is 16.1. The minimum Gasteiger partial charge on any atom is -0.459 e. The van der Waals surface area contributed by atoms with Gasteiger partial charge >= 0.3 is 0 Å². The molecule has 0 aliphatic heterocycles. The molecule has 0 fully saturated rings. The Balaban J connectivity index is 1.61. The van der Waals surface area contributed by atoms with Gasteiger partial charge in [0.15, 0.2) is 11.7 Å². The van der Waals surface area contributed by atoms with Gasteiger partial charge in [-0.2, -0.15) is 0 Å². The number of hydrogen-bond donors (Lipinski definition) is 3. The number of benzene rings is 1. The molecule has 0 saturated heterocycles. The Morgan fingerprint density at radius 3 is 2.65 bits per heavy atom. The molecule has 6 nitrogen and oxygen atoms in total. The van der Waals surface area contributed by atoms with Crippen molar-refractivity contribution >= 4 is 27.8 Å². The molecular formula is C18H22BrFN4O2. The van der Waals surface area contributed by atoms with Crippen molar-refractivity contribution in [2.45, 2.75) is 12.8 Å². The maximum Gasteiger partial charge on any atom is 0.287 e. The summed E-state index contributed by atoms with van der Waals surface area (Å²) in [5.41, 5.74) is 0.693. The number of rotatable bonds is 8. The van der Waals surface area contributed by atoms with Gasteiger partial charge in [-0.3, -0.25) is 9.79 Å². The summed E-state index contributed by atoms with van der Waals surface area (Å²) in [4.78, 5) is 15.8.